The van der Waals surface area contributed by atoms with Crippen LogP contribution in [0, 0.1) is 0 Å². The molecule has 0 aromatic rings. The van der Waals surface area contributed by atoms with Crippen LogP contribution in [-0.2, 0) is 14.6 Å². The van der Waals surface area contributed by atoms with Gasteiger partial charge >= 0.3 is 0 Å². The highest BCUT2D eigenvalue weighted by Crippen LogP contribution is 2.12. The molecule has 82 valence electrons. The van der Waals surface area contributed by atoms with Crippen LogP contribution in [0.4, 0.5) is 0 Å². The Hall–Kier alpha value is -0.620. The van der Waals surface area contributed by atoms with Crippen LogP contribution in [0.3, 0.4) is 0 Å². The summed E-state index contributed by atoms with van der Waals surface area (Å²) in [6, 6.07) is -0.553. The summed E-state index contributed by atoms with van der Waals surface area (Å²) in [5, 5.41) is -0.473. The third-order valence-corrected chi connectivity index (χ3v) is 4.56. The van der Waals surface area contributed by atoms with Gasteiger partial charge in [0.05, 0.1) is 17.0 Å². The fourth-order valence-electron chi connectivity index (χ4n) is 1.44. The number of carbonyl (C=O) groups is 1. The Morgan fingerprint density at radius 1 is 1.57 bits per heavy atom. The van der Waals surface area contributed by atoms with Crippen LogP contribution in [-0.4, -0.2) is 49.4 Å². The summed E-state index contributed by atoms with van der Waals surface area (Å²) >= 11 is 0. The highest BCUT2D eigenvalue weighted by Gasteiger charge is 2.32. The zero-order chi connectivity index (χ0) is 10.9. The molecule has 1 unspecified atom stereocenters. The van der Waals surface area contributed by atoms with E-state index in [-0.39, 0.29) is 24.7 Å². The van der Waals surface area contributed by atoms with Crippen molar-refractivity contribution in [1.29, 1.82) is 0 Å². The van der Waals surface area contributed by atoms with Crippen molar-refractivity contribution >= 4 is 15.7 Å². The molecule has 1 heterocycles. The van der Waals surface area contributed by atoms with Crippen LogP contribution in [0.1, 0.15) is 13.8 Å². The molecule has 2 atom stereocenters. The molecule has 2 N–H and O–H groups in total. The molecule has 5 nitrogen and oxygen atoms in total. The molecule has 1 rings (SSSR count). The Morgan fingerprint density at radius 2 is 2.14 bits per heavy atom. The van der Waals surface area contributed by atoms with E-state index in [1.165, 1.54) is 4.90 Å². The molecule has 0 radical (unpaired) electrons. The predicted octanol–water partition coefficient (Wildman–Crippen LogP) is -1.02. The van der Waals surface area contributed by atoms with Gasteiger partial charge in [0.2, 0.25) is 5.91 Å². The van der Waals surface area contributed by atoms with E-state index in [4.69, 9.17) is 5.73 Å². The van der Waals surface area contributed by atoms with Crippen LogP contribution in [0.5, 0.6) is 0 Å². The van der Waals surface area contributed by atoms with Crippen molar-refractivity contribution < 1.29 is 13.2 Å². The summed E-state index contributed by atoms with van der Waals surface area (Å²) in [7, 11) is -2.99. The number of carbonyl (C=O) groups excluding carboxylic acids is 1. The molecule has 1 aliphatic rings. The highest BCUT2D eigenvalue weighted by molar-refractivity contribution is 7.92. The molecule has 1 fully saturated rings. The van der Waals surface area contributed by atoms with Gasteiger partial charge in [-0.3, -0.25) is 4.79 Å². The second-order valence-corrected chi connectivity index (χ2v) is 6.29. The number of sulfone groups is 1. The van der Waals surface area contributed by atoms with Gasteiger partial charge in [0.25, 0.3) is 0 Å². The quantitative estimate of drug-likeness (QED) is 0.613. The lowest BCUT2D eigenvalue weighted by molar-refractivity contribution is -0.132. The van der Waals surface area contributed by atoms with E-state index in [1.54, 1.807) is 13.8 Å². The average Bonchev–Trinajstić information content (AvgIpc) is 2.08. The molecule has 1 amide bonds. The maximum absolute atomic E-state index is 11.5. The van der Waals surface area contributed by atoms with Crippen LogP contribution in [0.25, 0.3) is 0 Å². The molecular weight excluding hydrogens is 204 g/mol. The lowest BCUT2D eigenvalue weighted by atomic mass is 10.3. The third kappa shape index (κ3) is 2.24. The molecule has 6 heteroatoms. The van der Waals surface area contributed by atoms with Crippen molar-refractivity contribution in [3.05, 3.63) is 0 Å². The Kier molecular flexibility index (Phi) is 3.16. The lowest BCUT2D eigenvalue weighted by Gasteiger charge is -2.31. The summed E-state index contributed by atoms with van der Waals surface area (Å²) < 4.78 is 22.7. The highest BCUT2D eigenvalue weighted by atomic mass is 32.2. The Morgan fingerprint density at radius 3 is 2.57 bits per heavy atom. The summed E-state index contributed by atoms with van der Waals surface area (Å²) in [5.74, 6) is -0.126. The molecule has 0 aromatic heterocycles. The van der Waals surface area contributed by atoms with Gasteiger partial charge in [-0.2, -0.15) is 0 Å². The molecule has 1 saturated heterocycles. The monoisotopic (exact) mass is 220 g/mol. The number of amides is 1. The van der Waals surface area contributed by atoms with E-state index in [2.05, 4.69) is 0 Å². The summed E-state index contributed by atoms with van der Waals surface area (Å²) in [6.45, 7) is 3.77. The van der Waals surface area contributed by atoms with Gasteiger partial charge in [0, 0.05) is 13.1 Å². The fourth-order valence-corrected chi connectivity index (χ4v) is 2.73. The van der Waals surface area contributed by atoms with Crippen molar-refractivity contribution in [2.45, 2.75) is 25.1 Å². The van der Waals surface area contributed by atoms with Crippen LogP contribution in [0.15, 0.2) is 0 Å². The molecule has 0 aliphatic carbocycles. The van der Waals surface area contributed by atoms with E-state index in [9.17, 15) is 13.2 Å². The van der Waals surface area contributed by atoms with Gasteiger partial charge in [0.1, 0.15) is 0 Å². The Bertz CT molecular complexity index is 323. The molecule has 0 saturated carbocycles. The molecule has 1 aliphatic heterocycles. The van der Waals surface area contributed by atoms with Crippen molar-refractivity contribution in [2.75, 3.05) is 18.8 Å². The van der Waals surface area contributed by atoms with Gasteiger partial charge < -0.3 is 10.6 Å². The predicted molar refractivity (Wildman–Crippen MR) is 53.5 cm³/mol. The SMILES string of the molecule is CC1CN(C(=O)[C@H](C)N)CCS1(=O)=O. The summed E-state index contributed by atoms with van der Waals surface area (Å²) in [5.41, 5.74) is 5.44. The van der Waals surface area contributed by atoms with Crippen LogP contribution in [0.2, 0.25) is 0 Å². The average molecular weight is 220 g/mol. The van der Waals surface area contributed by atoms with Gasteiger partial charge in [-0.15, -0.1) is 0 Å². The fraction of sp³-hybridized carbons (Fsp3) is 0.875. The first-order valence-corrected chi connectivity index (χ1v) is 6.32. The molecule has 0 aromatic carbocycles. The normalized spacial score (nSPS) is 28.5. The van der Waals surface area contributed by atoms with Crippen LogP contribution < -0.4 is 5.73 Å². The van der Waals surface area contributed by atoms with Crippen molar-refractivity contribution in [3.8, 4) is 0 Å². The van der Waals surface area contributed by atoms with Crippen molar-refractivity contribution in [3.63, 3.8) is 0 Å². The second kappa shape index (κ2) is 3.86. The van der Waals surface area contributed by atoms with Crippen molar-refractivity contribution in [1.82, 2.24) is 4.90 Å². The standard InChI is InChI=1S/C8H16N2O3S/c1-6-5-10(8(11)7(2)9)3-4-14(6,12)13/h6-7H,3-5,9H2,1-2H3/t6?,7-/m0/s1. The molecule has 14 heavy (non-hydrogen) atoms. The first kappa shape index (κ1) is 11.5. The number of nitrogens with two attached hydrogens (primary N) is 1. The van der Waals surface area contributed by atoms with E-state index in [0.717, 1.165) is 0 Å². The minimum absolute atomic E-state index is 0.0482. The van der Waals surface area contributed by atoms with Gasteiger partial charge in [0.15, 0.2) is 9.84 Å². The zero-order valence-corrected chi connectivity index (χ0v) is 9.25. The molecular formula is C8H16N2O3S. The topological polar surface area (TPSA) is 80.5 Å². The first-order chi connectivity index (χ1) is 6.34. The van der Waals surface area contributed by atoms with E-state index in [1.807, 2.05) is 0 Å². The molecule has 0 spiro atoms. The number of hydrogen-bond acceptors (Lipinski definition) is 4. The maximum Gasteiger partial charge on any atom is 0.239 e. The minimum Gasteiger partial charge on any atom is -0.339 e. The number of hydrogen-bond donors (Lipinski definition) is 1. The van der Waals surface area contributed by atoms with Gasteiger partial charge in [-0.05, 0) is 13.8 Å². The minimum atomic E-state index is -2.99. The maximum atomic E-state index is 11.5. The van der Waals surface area contributed by atoms with E-state index >= 15 is 0 Å². The van der Waals surface area contributed by atoms with E-state index in [0.29, 0.717) is 0 Å². The lowest BCUT2D eigenvalue weighted by Crippen LogP contribution is -2.52. The Labute approximate surface area is 84.2 Å². The molecule has 0 bridgehead atoms. The second-order valence-electron chi connectivity index (χ2n) is 3.75. The number of nitrogens with zero attached hydrogens (tertiary/aromatic N) is 1. The van der Waals surface area contributed by atoms with Gasteiger partial charge in [-0.25, -0.2) is 8.42 Å². The first-order valence-electron chi connectivity index (χ1n) is 4.60. The third-order valence-electron chi connectivity index (χ3n) is 2.44. The zero-order valence-electron chi connectivity index (χ0n) is 8.43. The smallest absolute Gasteiger partial charge is 0.239 e. The van der Waals surface area contributed by atoms with E-state index < -0.39 is 21.1 Å². The van der Waals surface area contributed by atoms with Gasteiger partial charge in [-0.1, -0.05) is 0 Å². The summed E-state index contributed by atoms with van der Waals surface area (Å²) in [6.07, 6.45) is 0. The van der Waals surface area contributed by atoms with Crippen LogP contribution >= 0.6 is 0 Å². The Balaban J connectivity index is 2.69. The summed E-state index contributed by atoms with van der Waals surface area (Å²) in [4.78, 5) is 13.0. The largest absolute Gasteiger partial charge is 0.339 e. The van der Waals surface area contributed by atoms with Crippen molar-refractivity contribution in [2.24, 2.45) is 5.73 Å². The number of rotatable bonds is 1.